The molecule has 1 aliphatic heterocycles. The van der Waals surface area contributed by atoms with Crippen LogP contribution in [0.1, 0.15) is 47.2 Å². The third-order valence-corrected chi connectivity index (χ3v) is 15.0. The zero-order valence-corrected chi connectivity index (χ0v) is 35.5. The van der Waals surface area contributed by atoms with E-state index in [1.165, 1.54) is 82.8 Å². The number of benzene rings is 9. The highest BCUT2D eigenvalue weighted by atomic mass is 15.2. The summed E-state index contributed by atoms with van der Waals surface area (Å²) in [5.41, 5.74) is 21.7. The van der Waals surface area contributed by atoms with Crippen LogP contribution in [0.2, 0.25) is 0 Å². The summed E-state index contributed by atoms with van der Waals surface area (Å²) in [6.45, 7) is 4.88. The van der Waals surface area contributed by atoms with Crippen LogP contribution in [-0.2, 0) is 10.8 Å². The SMILES string of the molecule is CC1(C)c2ccccc2B(c2ccccc2)c2cc3c4ccccc4n(-c4nc(-c5ccc6c(c5)-c5ccccc5C65c6ccccc6-c6ccccc65)c5ccccc5n4)c3cc21. The second-order valence-electron chi connectivity index (χ2n) is 18.4. The third-order valence-electron chi connectivity index (χ3n) is 15.0. The summed E-state index contributed by atoms with van der Waals surface area (Å²) in [4.78, 5) is 11.1. The molecule has 0 saturated heterocycles. The molecule has 2 aliphatic carbocycles. The molecule has 0 saturated carbocycles. The van der Waals surface area contributed by atoms with E-state index in [-0.39, 0.29) is 12.1 Å². The Morgan fingerprint density at radius 3 is 1.72 bits per heavy atom. The molecule has 0 bridgehead atoms. The lowest BCUT2D eigenvalue weighted by Gasteiger charge is -2.39. The van der Waals surface area contributed by atoms with Gasteiger partial charge in [0, 0.05) is 27.1 Å². The summed E-state index contributed by atoms with van der Waals surface area (Å²) >= 11 is 0. The summed E-state index contributed by atoms with van der Waals surface area (Å²) < 4.78 is 2.32. The Labute approximate surface area is 372 Å². The van der Waals surface area contributed by atoms with E-state index in [2.05, 4.69) is 225 Å². The number of rotatable bonds is 3. The van der Waals surface area contributed by atoms with Crippen molar-refractivity contribution in [1.29, 1.82) is 0 Å². The largest absolute Gasteiger partial charge is 0.278 e. The third kappa shape index (κ3) is 4.57. The number of hydrogen-bond acceptors (Lipinski definition) is 2. The van der Waals surface area contributed by atoms with Crippen LogP contribution in [0.4, 0.5) is 0 Å². The van der Waals surface area contributed by atoms with Gasteiger partial charge in [-0.3, -0.25) is 4.57 Å². The van der Waals surface area contributed by atoms with E-state index in [1.54, 1.807) is 0 Å². The van der Waals surface area contributed by atoms with E-state index < -0.39 is 5.41 Å². The molecule has 0 fully saturated rings. The average Bonchev–Trinajstić information content (AvgIpc) is 3.95. The summed E-state index contributed by atoms with van der Waals surface area (Å²) in [6.07, 6.45) is 0. The van der Waals surface area contributed by atoms with Gasteiger partial charge in [-0.1, -0.05) is 212 Å². The topological polar surface area (TPSA) is 30.7 Å². The smallest absolute Gasteiger partial charge is 0.242 e. The zero-order valence-electron chi connectivity index (χ0n) is 35.5. The highest BCUT2D eigenvalue weighted by molar-refractivity contribution is 6.96. The first-order valence-electron chi connectivity index (χ1n) is 22.4. The maximum Gasteiger partial charge on any atom is 0.242 e. The molecule has 0 amide bonds. The Bertz CT molecular complexity index is 3740. The Hall–Kier alpha value is -7.82. The first-order chi connectivity index (χ1) is 31.5. The molecule has 0 N–H and O–H groups in total. The number of fused-ring (bicyclic) bond motifs is 16. The second-order valence-corrected chi connectivity index (χ2v) is 18.4. The molecule has 4 heteroatoms. The highest BCUT2D eigenvalue weighted by Crippen LogP contribution is 2.63. The van der Waals surface area contributed by atoms with Gasteiger partial charge in [-0.05, 0) is 79.9 Å². The first-order valence-corrected chi connectivity index (χ1v) is 22.4. The van der Waals surface area contributed by atoms with E-state index in [9.17, 15) is 0 Å². The van der Waals surface area contributed by atoms with Gasteiger partial charge in [0.2, 0.25) is 12.7 Å². The quantitative estimate of drug-likeness (QED) is 0.166. The monoisotopic (exact) mass is 813 g/mol. The Kier molecular flexibility index (Phi) is 7.19. The predicted octanol–water partition coefficient (Wildman–Crippen LogP) is 11.9. The lowest BCUT2D eigenvalue weighted by Crippen LogP contribution is -2.60. The minimum atomic E-state index is -0.396. The summed E-state index contributed by atoms with van der Waals surface area (Å²) in [5.74, 6) is 0.671. The van der Waals surface area contributed by atoms with E-state index in [0.717, 1.165) is 33.2 Å². The zero-order chi connectivity index (χ0) is 42.3. The van der Waals surface area contributed by atoms with Crippen LogP contribution >= 0.6 is 0 Å². The van der Waals surface area contributed by atoms with Gasteiger partial charge in [-0.15, -0.1) is 0 Å². The van der Waals surface area contributed by atoms with Crippen molar-refractivity contribution in [3.8, 4) is 39.5 Å². The molecule has 0 radical (unpaired) electrons. The number of para-hydroxylation sites is 2. The van der Waals surface area contributed by atoms with Gasteiger partial charge in [0.1, 0.15) is 0 Å². The van der Waals surface area contributed by atoms with Crippen LogP contribution in [0.5, 0.6) is 0 Å². The van der Waals surface area contributed by atoms with Crippen molar-refractivity contribution in [2.75, 3.05) is 0 Å². The molecule has 0 atom stereocenters. The molecule has 3 nitrogen and oxygen atoms in total. The van der Waals surface area contributed by atoms with Crippen molar-refractivity contribution in [3.05, 3.63) is 240 Å². The fraction of sp³-hybridized carbons (Fsp3) is 0.0667. The molecule has 3 heterocycles. The van der Waals surface area contributed by atoms with Crippen molar-refractivity contribution in [3.63, 3.8) is 0 Å². The normalized spacial score (nSPS) is 14.6. The van der Waals surface area contributed by atoms with Crippen molar-refractivity contribution in [2.45, 2.75) is 24.7 Å². The number of nitrogens with zero attached hydrogens (tertiary/aromatic N) is 3. The lowest BCUT2D eigenvalue weighted by molar-refractivity contribution is 0.646. The minimum Gasteiger partial charge on any atom is -0.278 e. The van der Waals surface area contributed by atoms with E-state index >= 15 is 0 Å². The van der Waals surface area contributed by atoms with E-state index in [1.807, 2.05) is 0 Å². The summed E-state index contributed by atoms with van der Waals surface area (Å²) in [5, 5.41) is 3.43. The Morgan fingerprint density at radius 1 is 0.406 bits per heavy atom. The van der Waals surface area contributed by atoms with E-state index in [0.29, 0.717) is 5.95 Å². The van der Waals surface area contributed by atoms with Crippen molar-refractivity contribution < 1.29 is 0 Å². The van der Waals surface area contributed by atoms with Crippen LogP contribution in [0.25, 0.3) is 72.2 Å². The molecular weight excluding hydrogens is 773 g/mol. The van der Waals surface area contributed by atoms with Gasteiger partial charge >= 0.3 is 0 Å². The molecule has 14 rings (SSSR count). The fourth-order valence-electron chi connectivity index (χ4n) is 12.3. The lowest BCUT2D eigenvalue weighted by atomic mass is 9.31. The second kappa shape index (κ2) is 12.9. The maximum atomic E-state index is 5.65. The van der Waals surface area contributed by atoms with Gasteiger partial charge < -0.3 is 0 Å². The molecule has 2 aromatic heterocycles. The van der Waals surface area contributed by atoms with Crippen LogP contribution in [0.15, 0.2) is 206 Å². The molecule has 9 aromatic carbocycles. The van der Waals surface area contributed by atoms with Crippen LogP contribution < -0.4 is 16.4 Å². The molecule has 3 aliphatic rings. The molecule has 0 unspecified atom stereocenters. The van der Waals surface area contributed by atoms with Crippen molar-refractivity contribution in [1.82, 2.24) is 14.5 Å². The van der Waals surface area contributed by atoms with Gasteiger partial charge in [0.05, 0.1) is 27.7 Å². The predicted molar refractivity (Wildman–Crippen MR) is 265 cm³/mol. The summed E-state index contributed by atoms with van der Waals surface area (Å²) in [7, 11) is 0. The Morgan fingerprint density at radius 2 is 0.984 bits per heavy atom. The maximum absolute atomic E-state index is 5.65. The van der Waals surface area contributed by atoms with Gasteiger partial charge in [0.25, 0.3) is 0 Å². The van der Waals surface area contributed by atoms with Gasteiger partial charge in [-0.25, -0.2) is 9.97 Å². The van der Waals surface area contributed by atoms with Crippen LogP contribution in [0, 0.1) is 0 Å². The van der Waals surface area contributed by atoms with Crippen molar-refractivity contribution >= 4 is 55.8 Å². The number of hydrogen-bond donors (Lipinski definition) is 0. The average molecular weight is 814 g/mol. The summed E-state index contributed by atoms with van der Waals surface area (Å²) in [6, 6.07) is 76.4. The number of aromatic nitrogens is 3. The van der Waals surface area contributed by atoms with Crippen molar-refractivity contribution in [2.24, 2.45) is 0 Å². The highest BCUT2D eigenvalue weighted by Gasteiger charge is 2.51. The molecule has 1 spiro atoms. The first kappa shape index (κ1) is 35.7. The molecule has 298 valence electrons. The van der Waals surface area contributed by atoms with Crippen LogP contribution in [-0.4, -0.2) is 21.2 Å². The van der Waals surface area contributed by atoms with Gasteiger partial charge in [0.15, 0.2) is 0 Å². The van der Waals surface area contributed by atoms with Crippen LogP contribution in [0.3, 0.4) is 0 Å². The molecule has 64 heavy (non-hydrogen) atoms. The fourth-order valence-corrected chi connectivity index (χ4v) is 12.3. The Balaban J connectivity index is 1.01. The minimum absolute atomic E-state index is 0.116. The molecule has 11 aromatic rings. The standard InChI is InChI=1S/C60H40BN3/c1-59(2)50-28-14-15-29-52(50)61(38-18-4-3-5-19-38)53-35-45-42-23-10-17-31-55(42)64(56(45)36-51(53)59)58-62-54-30-16-9-24-43(54)57(63-58)37-32-33-49-44(34-37)41-22-8-13-27-48(41)60(49)46-25-11-6-20-39(46)40-21-7-12-26-47(40)60/h3-36H,1-2H3. The van der Waals surface area contributed by atoms with Gasteiger partial charge in [-0.2, -0.15) is 0 Å². The van der Waals surface area contributed by atoms with E-state index in [4.69, 9.17) is 9.97 Å². The molecular formula is C60H40BN3.